The summed E-state index contributed by atoms with van der Waals surface area (Å²) >= 11 is 0. The number of allylic oxidation sites excluding steroid dienone is 5. The van der Waals surface area contributed by atoms with E-state index in [4.69, 9.17) is 9.84 Å². The van der Waals surface area contributed by atoms with Gasteiger partial charge in [-0.1, -0.05) is 75.3 Å². The number of carbonyl (C=O) groups is 1. The standard InChI is InChI=1S/C20H24F3N3O3.C11H16O2/c1-4-9-19(5-2,13-7-6-8-14(10-13)20(21,22)23)12-26-11-15(27)17(28)16(25-26)18(29)24-3;1-9-3-5-10(2)11(6-4-9)7-13-8-12/h6-8,10-11,27H,4-5,9,12H2,1-3H3,(H,24,29);3-6,10,12H,7-8H2,1-2H3. The Balaban J connectivity index is 0.000000395. The Kier molecular flexibility index (Phi) is 12.7. The number of benzene rings is 1. The minimum absolute atomic E-state index is 0.0937. The van der Waals surface area contributed by atoms with Crippen molar-refractivity contribution in [2.45, 2.75) is 65.1 Å². The average Bonchev–Trinajstić information content (AvgIpc) is 3.12. The van der Waals surface area contributed by atoms with Crippen LogP contribution in [0.25, 0.3) is 0 Å². The Morgan fingerprint density at radius 3 is 2.48 bits per heavy atom. The van der Waals surface area contributed by atoms with Crippen molar-refractivity contribution in [1.82, 2.24) is 15.1 Å². The molecule has 42 heavy (non-hydrogen) atoms. The van der Waals surface area contributed by atoms with Crippen molar-refractivity contribution in [1.29, 1.82) is 0 Å². The second-order valence-electron chi connectivity index (χ2n) is 10.2. The lowest BCUT2D eigenvalue weighted by molar-refractivity contribution is -0.137. The number of nitrogens with zero attached hydrogens (tertiary/aromatic N) is 2. The van der Waals surface area contributed by atoms with Gasteiger partial charge in [-0.25, -0.2) is 0 Å². The largest absolute Gasteiger partial charge is 0.503 e. The Bertz CT molecular complexity index is 1360. The van der Waals surface area contributed by atoms with Crippen LogP contribution in [0.15, 0.2) is 70.7 Å². The second-order valence-corrected chi connectivity index (χ2v) is 10.2. The van der Waals surface area contributed by atoms with Crippen LogP contribution >= 0.6 is 0 Å². The van der Waals surface area contributed by atoms with Gasteiger partial charge in [0.1, 0.15) is 6.79 Å². The van der Waals surface area contributed by atoms with Gasteiger partial charge in [0, 0.05) is 12.5 Å². The molecule has 2 atom stereocenters. The number of aromatic nitrogens is 2. The summed E-state index contributed by atoms with van der Waals surface area (Å²) in [6.45, 7) is 8.35. The maximum atomic E-state index is 13.2. The zero-order valence-corrected chi connectivity index (χ0v) is 24.7. The molecule has 3 N–H and O–H groups in total. The van der Waals surface area contributed by atoms with Gasteiger partial charge < -0.3 is 20.3 Å². The first-order chi connectivity index (χ1) is 19.8. The molecule has 0 bridgehead atoms. The quantitative estimate of drug-likeness (QED) is 0.314. The molecule has 3 rings (SSSR count). The van der Waals surface area contributed by atoms with Crippen LogP contribution in [0.5, 0.6) is 5.75 Å². The summed E-state index contributed by atoms with van der Waals surface area (Å²) in [7, 11) is 1.33. The van der Waals surface area contributed by atoms with Crippen molar-refractivity contribution in [3.63, 3.8) is 0 Å². The van der Waals surface area contributed by atoms with Crippen LogP contribution in [-0.2, 0) is 22.9 Å². The van der Waals surface area contributed by atoms with Gasteiger partial charge in [0.2, 0.25) is 0 Å². The highest BCUT2D eigenvalue weighted by Gasteiger charge is 2.35. The van der Waals surface area contributed by atoms with E-state index in [0.717, 1.165) is 18.3 Å². The molecular weight excluding hydrogens is 551 g/mol. The molecule has 0 saturated carbocycles. The SMILES string of the molecule is CC1=CC=C(COCO)C(C)C=C1.CCCC(CC)(Cn1cc(O)c(=O)c(C(=O)NC)n1)c1cccc(C(F)(F)F)c1. The van der Waals surface area contributed by atoms with Crippen LogP contribution in [-0.4, -0.2) is 46.3 Å². The molecule has 1 aromatic heterocycles. The highest BCUT2D eigenvalue weighted by molar-refractivity contribution is 5.92. The van der Waals surface area contributed by atoms with Gasteiger partial charge in [0.25, 0.3) is 11.3 Å². The van der Waals surface area contributed by atoms with E-state index in [9.17, 15) is 27.9 Å². The summed E-state index contributed by atoms with van der Waals surface area (Å²) in [5.74, 6) is -1.01. The van der Waals surface area contributed by atoms with E-state index in [1.54, 1.807) is 6.07 Å². The average molecular weight is 592 g/mol. The smallest absolute Gasteiger partial charge is 0.416 e. The van der Waals surface area contributed by atoms with Crippen molar-refractivity contribution in [2.75, 3.05) is 20.4 Å². The molecule has 1 heterocycles. The van der Waals surface area contributed by atoms with E-state index in [0.29, 0.717) is 37.4 Å². The van der Waals surface area contributed by atoms with E-state index >= 15 is 0 Å². The molecule has 230 valence electrons. The molecule has 0 spiro atoms. The number of carbonyl (C=O) groups excluding carboxylic acids is 1. The lowest BCUT2D eigenvalue weighted by atomic mass is 9.74. The zero-order valence-electron chi connectivity index (χ0n) is 24.7. The molecule has 2 unspecified atom stereocenters. The Morgan fingerprint density at radius 1 is 1.19 bits per heavy atom. The molecule has 0 saturated heterocycles. The molecule has 1 amide bonds. The van der Waals surface area contributed by atoms with Crippen molar-refractivity contribution in [2.24, 2.45) is 5.92 Å². The van der Waals surface area contributed by atoms with Gasteiger partial charge in [0.15, 0.2) is 11.4 Å². The fourth-order valence-corrected chi connectivity index (χ4v) is 4.70. The number of aliphatic hydroxyl groups excluding tert-OH is 1. The summed E-state index contributed by atoms with van der Waals surface area (Å²) in [4.78, 5) is 23.9. The van der Waals surface area contributed by atoms with Gasteiger partial charge >= 0.3 is 6.18 Å². The summed E-state index contributed by atoms with van der Waals surface area (Å²) in [5, 5.41) is 24.8. The third kappa shape index (κ3) is 9.15. The van der Waals surface area contributed by atoms with Crippen molar-refractivity contribution in [3.05, 3.63) is 93.0 Å². The summed E-state index contributed by atoms with van der Waals surface area (Å²) in [6, 6.07) is 5.14. The normalized spacial score (nSPS) is 16.4. The maximum absolute atomic E-state index is 13.2. The molecule has 2 aromatic rings. The minimum Gasteiger partial charge on any atom is -0.503 e. The molecule has 11 heteroatoms. The lowest BCUT2D eigenvalue weighted by Gasteiger charge is -2.34. The summed E-state index contributed by atoms with van der Waals surface area (Å²) in [6.07, 6.45) is 6.74. The third-order valence-corrected chi connectivity index (χ3v) is 7.21. The van der Waals surface area contributed by atoms with Gasteiger partial charge in [-0.15, -0.1) is 0 Å². The molecule has 0 radical (unpaired) electrons. The van der Waals surface area contributed by atoms with Crippen LogP contribution in [0.4, 0.5) is 13.2 Å². The number of rotatable bonds is 10. The number of ether oxygens (including phenoxy) is 1. The lowest BCUT2D eigenvalue weighted by Crippen LogP contribution is -2.35. The monoisotopic (exact) mass is 591 g/mol. The van der Waals surface area contributed by atoms with Crippen molar-refractivity contribution >= 4 is 5.91 Å². The van der Waals surface area contributed by atoms with Crippen LogP contribution in [0.3, 0.4) is 0 Å². The Hall–Kier alpha value is -3.70. The number of hydrogen-bond donors (Lipinski definition) is 3. The van der Waals surface area contributed by atoms with E-state index in [2.05, 4.69) is 48.6 Å². The van der Waals surface area contributed by atoms with E-state index in [1.165, 1.54) is 28.9 Å². The number of amides is 1. The fraction of sp³-hybridized carbons (Fsp3) is 0.452. The predicted octanol–water partition coefficient (Wildman–Crippen LogP) is 5.51. The number of hydrogen-bond acceptors (Lipinski definition) is 6. The van der Waals surface area contributed by atoms with Gasteiger partial charge in [-0.2, -0.15) is 18.3 Å². The van der Waals surface area contributed by atoms with Crippen molar-refractivity contribution in [3.8, 4) is 5.75 Å². The van der Waals surface area contributed by atoms with E-state index < -0.39 is 39.9 Å². The molecule has 0 aliphatic heterocycles. The predicted molar refractivity (Wildman–Crippen MR) is 155 cm³/mol. The fourth-order valence-electron chi connectivity index (χ4n) is 4.70. The first-order valence-electron chi connectivity index (χ1n) is 13.8. The number of halogens is 3. The second kappa shape index (κ2) is 15.5. The number of aliphatic hydroxyl groups is 1. The number of aromatic hydroxyl groups is 1. The Labute approximate surface area is 244 Å². The first-order valence-corrected chi connectivity index (χ1v) is 13.8. The zero-order chi connectivity index (χ0) is 31.5. The number of alkyl halides is 3. The highest BCUT2D eigenvalue weighted by Crippen LogP contribution is 2.38. The molecular formula is C31H40F3N3O5. The molecule has 8 nitrogen and oxygen atoms in total. The van der Waals surface area contributed by atoms with Crippen LogP contribution in [0.1, 0.15) is 68.6 Å². The van der Waals surface area contributed by atoms with Crippen LogP contribution < -0.4 is 10.7 Å². The molecule has 0 fully saturated rings. The molecule has 1 aromatic carbocycles. The molecule has 1 aliphatic rings. The van der Waals surface area contributed by atoms with Gasteiger partial charge in [-0.05, 0) is 42.9 Å². The van der Waals surface area contributed by atoms with E-state index in [1.807, 2.05) is 13.8 Å². The van der Waals surface area contributed by atoms with Crippen molar-refractivity contribution < 1.29 is 32.9 Å². The highest BCUT2D eigenvalue weighted by atomic mass is 19.4. The Morgan fingerprint density at radius 2 is 1.88 bits per heavy atom. The minimum atomic E-state index is -4.47. The van der Waals surface area contributed by atoms with Gasteiger partial charge in [0.05, 0.1) is 24.9 Å². The van der Waals surface area contributed by atoms with Gasteiger partial charge in [-0.3, -0.25) is 14.3 Å². The summed E-state index contributed by atoms with van der Waals surface area (Å²) in [5.41, 5.74) is 0.0666. The third-order valence-electron chi connectivity index (χ3n) is 7.21. The number of nitrogens with one attached hydrogen (secondary N) is 1. The first kappa shape index (κ1) is 34.5. The van der Waals surface area contributed by atoms with Crippen LogP contribution in [0, 0.1) is 5.92 Å². The topological polar surface area (TPSA) is 114 Å². The van der Waals surface area contributed by atoms with Crippen LogP contribution in [0.2, 0.25) is 0 Å². The van der Waals surface area contributed by atoms with E-state index in [-0.39, 0.29) is 13.3 Å². The molecule has 1 aliphatic carbocycles. The summed E-state index contributed by atoms with van der Waals surface area (Å²) < 4.78 is 45.9. The maximum Gasteiger partial charge on any atom is 0.416 e.